The predicted molar refractivity (Wildman–Crippen MR) is 131 cm³/mol. The summed E-state index contributed by atoms with van der Waals surface area (Å²) in [5, 5.41) is 0. The van der Waals surface area contributed by atoms with E-state index in [4.69, 9.17) is 0 Å². The van der Waals surface area contributed by atoms with Crippen LogP contribution >= 0.6 is 9.58 Å². The summed E-state index contributed by atoms with van der Waals surface area (Å²) in [6.07, 6.45) is 0.322. The van der Waals surface area contributed by atoms with Crippen LogP contribution in [0.4, 0.5) is 17.6 Å². The molecule has 2 aromatic carbocycles. The van der Waals surface area contributed by atoms with Crippen LogP contribution in [0.3, 0.4) is 0 Å². The van der Waals surface area contributed by atoms with Crippen LogP contribution in [0.1, 0.15) is 5.56 Å². The first kappa shape index (κ1) is 28.1. The molecule has 0 atom stereocenters. The number of halogens is 5. The third kappa shape index (κ3) is 8.29. The molecule has 9 heteroatoms. The Hall–Kier alpha value is -3.45. The summed E-state index contributed by atoms with van der Waals surface area (Å²) in [5.41, 5.74) is 2.32. The zero-order chi connectivity index (χ0) is 26.7. The van der Waals surface area contributed by atoms with Gasteiger partial charge in [0.05, 0.1) is 0 Å². The number of hydrogen-bond donors (Lipinski definition) is 0. The molecule has 0 aliphatic carbocycles. The molecule has 3 heterocycles. The van der Waals surface area contributed by atoms with Crippen molar-refractivity contribution in [3.05, 3.63) is 127 Å². The molecular formula is C28H17ClF4IrN3. The van der Waals surface area contributed by atoms with Crippen molar-refractivity contribution in [1.82, 2.24) is 15.0 Å². The Morgan fingerprint density at radius 1 is 0.649 bits per heavy atom. The van der Waals surface area contributed by atoms with Crippen LogP contribution in [0.2, 0.25) is 0 Å². The molecule has 0 aliphatic heterocycles. The summed E-state index contributed by atoms with van der Waals surface area (Å²) < 4.78 is 51.9. The van der Waals surface area contributed by atoms with Crippen LogP contribution in [0, 0.1) is 17.9 Å². The van der Waals surface area contributed by atoms with Crippen molar-refractivity contribution in [2.24, 2.45) is 0 Å². The molecule has 3 aromatic heterocycles. The van der Waals surface area contributed by atoms with Gasteiger partial charge in [-0.25, -0.2) is 0 Å². The van der Waals surface area contributed by atoms with Crippen LogP contribution in [0.15, 0.2) is 104 Å². The molecule has 0 fully saturated rings. The number of alkyl halides is 3. The van der Waals surface area contributed by atoms with Crippen molar-refractivity contribution in [3.63, 3.8) is 0 Å². The summed E-state index contributed by atoms with van der Waals surface area (Å²) in [4.78, 5) is 12.3. The van der Waals surface area contributed by atoms with Crippen molar-refractivity contribution in [3.8, 4) is 33.8 Å². The van der Waals surface area contributed by atoms with Crippen molar-refractivity contribution < 1.29 is 35.5 Å². The Kier molecular flexibility index (Phi) is 10.4. The SMILES string of the molecule is FC(F)(F)c1cc(-c2ccccn2)[c-]c(-c2ccccn2)c1.Fc1c[c-]c(-c2ccccn2)cc1.[Cl][Ir+2]. The molecule has 0 spiro atoms. The number of benzene rings is 2. The zero-order valence-corrected chi connectivity index (χ0v) is 22.0. The third-order valence-corrected chi connectivity index (χ3v) is 4.79. The van der Waals surface area contributed by atoms with E-state index in [9.17, 15) is 17.6 Å². The Bertz CT molecular complexity index is 1310. The summed E-state index contributed by atoms with van der Waals surface area (Å²) in [7, 11) is 4.64. The Balaban J connectivity index is 0.000000216. The molecule has 5 rings (SSSR count). The van der Waals surface area contributed by atoms with Gasteiger partial charge in [-0.3, -0.25) is 14.4 Å². The number of nitrogens with zero attached hydrogens (tertiary/aromatic N) is 3. The van der Waals surface area contributed by atoms with Gasteiger partial charge in [-0.1, -0.05) is 47.5 Å². The van der Waals surface area contributed by atoms with Crippen molar-refractivity contribution in [2.45, 2.75) is 6.18 Å². The van der Waals surface area contributed by atoms with Crippen LogP contribution in [-0.2, 0) is 24.1 Å². The quantitative estimate of drug-likeness (QED) is 0.142. The van der Waals surface area contributed by atoms with Gasteiger partial charge in [-0.05, 0) is 29.5 Å². The molecule has 0 saturated heterocycles. The second kappa shape index (κ2) is 13.7. The molecule has 0 N–H and O–H groups in total. The summed E-state index contributed by atoms with van der Waals surface area (Å²) in [5.74, 6) is -0.278. The van der Waals surface area contributed by atoms with Gasteiger partial charge >= 0.3 is 33.6 Å². The average molecular weight is 699 g/mol. The molecule has 5 aromatic rings. The van der Waals surface area contributed by atoms with Crippen molar-refractivity contribution in [2.75, 3.05) is 0 Å². The molecule has 0 amide bonds. The monoisotopic (exact) mass is 699 g/mol. The number of pyridine rings is 3. The fourth-order valence-electron chi connectivity index (χ4n) is 3.14. The maximum atomic E-state index is 13.1. The number of rotatable bonds is 3. The second-order valence-corrected chi connectivity index (χ2v) is 7.26. The number of hydrogen-bond acceptors (Lipinski definition) is 3. The van der Waals surface area contributed by atoms with E-state index in [-0.39, 0.29) is 16.9 Å². The summed E-state index contributed by atoms with van der Waals surface area (Å²) >= 11 is 1.47. The van der Waals surface area contributed by atoms with Gasteiger partial charge in [0.1, 0.15) is 0 Å². The van der Waals surface area contributed by atoms with Gasteiger partial charge in [0.25, 0.3) is 0 Å². The third-order valence-electron chi connectivity index (χ3n) is 4.79. The van der Waals surface area contributed by atoms with E-state index in [1.54, 1.807) is 48.7 Å². The van der Waals surface area contributed by atoms with E-state index >= 15 is 0 Å². The molecule has 3 nitrogen and oxygen atoms in total. The molecule has 0 aliphatic rings. The molecule has 37 heavy (non-hydrogen) atoms. The fraction of sp³-hybridized carbons (Fsp3) is 0.0357. The molecule has 0 unspecified atom stereocenters. The average Bonchev–Trinajstić information content (AvgIpc) is 2.96. The molecule has 0 bridgehead atoms. The summed E-state index contributed by atoms with van der Waals surface area (Å²) in [6.45, 7) is 0. The molecule has 0 radical (unpaired) electrons. The van der Waals surface area contributed by atoms with Gasteiger partial charge in [0.15, 0.2) is 0 Å². The Labute approximate surface area is 226 Å². The maximum absolute atomic E-state index is 13.1. The first-order valence-electron chi connectivity index (χ1n) is 10.6. The van der Waals surface area contributed by atoms with Gasteiger partial charge in [0, 0.05) is 35.8 Å². The van der Waals surface area contributed by atoms with Crippen molar-refractivity contribution >= 4 is 9.58 Å². The first-order valence-corrected chi connectivity index (χ1v) is 13.6. The first-order chi connectivity index (χ1) is 17.9. The standard InChI is InChI=1S/C17H10F3N2.C11H7FN.ClH.Ir/c18-17(19,20)14-10-12(15-5-1-3-7-21-15)9-13(11-14)16-6-2-4-8-22-16;12-10-6-4-9(5-7-10)11-3-1-2-8-13-11;;/h1-8,10-11H;1-4,6-8H;1H;/q2*-1;;+3/p-1. The minimum atomic E-state index is -4.44. The van der Waals surface area contributed by atoms with Gasteiger partial charge < -0.3 is 4.98 Å². The van der Waals surface area contributed by atoms with E-state index in [1.165, 1.54) is 42.4 Å². The normalized spacial score (nSPS) is 10.4. The van der Waals surface area contributed by atoms with Crippen molar-refractivity contribution in [1.29, 1.82) is 0 Å². The zero-order valence-electron chi connectivity index (χ0n) is 18.9. The molecular weight excluding hydrogens is 682 g/mol. The topological polar surface area (TPSA) is 38.7 Å². The molecule has 188 valence electrons. The van der Waals surface area contributed by atoms with E-state index < -0.39 is 11.7 Å². The number of aromatic nitrogens is 3. The second-order valence-electron chi connectivity index (χ2n) is 7.26. The molecule has 0 saturated carbocycles. The van der Waals surface area contributed by atoms with Gasteiger partial charge in [0.2, 0.25) is 0 Å². The van der Waals surface area contributed by atoms with Crippen LogP contribution in [0.25, 0.3) is 33.8 Å². The van der Waals surface area contributed by atoms with Crippen LogP contribution in [0.5, 0.6) is 0 Å². The minimum absolute atomic E-state index is 0.278. The Morgan fingerprint density at radius 2 is 1.11 bits per heavy atom. The summed E-state index contributed by atoms with van der Waals surface area (Å²) in [6, 6.07) is 28.0. The van der Waals surface area contributed by atoms with Crippen LogP contribution < -0.4 is 0 Å². The van der Waals surface area contributed by atoms with Crippen LogP contribution in [-0.4, -0.2) is 15.0 Å². The van der Waals surface area contributed by atoms with E-state index in [2.05, 4.69) is 36.7 Å². The van der Waals surface area contributed by atoms with E-state index in [0.29, 0.717) is 11.4 Å². The van der Waals surface area contributed by atoms with Gasteiger partial charge in [-0.15, -0.1) is 48.0 Å². The fourth-order valence-corrected chi connectivity index (χ4v) is 3.14. The van der Waals surface area contributed by atoms with E-state index in [1.807, 2.05) is 18.2 Å². The van der Waals surface area contributed by atoms with E-state index in [0.717, 1.165) is 23.4 Å². The predicted octanol–water partition coefficient (Wildman–Crippen LogP) is 8.00. The Morgan fingerprint density at radius 3 is 1.46 bits per heavy atom. The van der Waals surface area contributed by atoms with Gasteiger partial charge in [-0.2, -0.15) is 13.2 Å².